The fourth-order valence-electron chi connectivity index (χ4n) is 3.61. The van der Waals surface area contributed by atoms with Crippen molar-refractivity contribution < 1.29 is 4.42 Å². The molecule has 150 valence electrons. The van der Waals surface area contributed by atoms with Gasteiger partial charge in [0.15, 0.2) is 5.17 Å². The van der Waals surface area contributed by atoms with Gasteiger partial charge >= 0.3 is 0 Å². The van der Waals surface area contributed by atoms with Crippen molar-refractivity contribution >= 4 is 27.8 Å². The first-order valence-electron chi connectivity index (χ1n) is 9.95. The lowest BCUT2D eigenvalue weighted by atomic mass is 10.0. The molecule has 0 bridgehead atoms. The molecule has 0 fully saturated rings. The van der Waals surface area contributed by atoms with Gasteiger partial charge in [0.05, 0.1) is 18.3 Å². The van der Waals surface area contributed by atoms with E-state index in [1.165, 1.54) is 22.1 Å². The van der Waals surface area contributed by atoms with Crippen LogP contribution in [-0.4, -0.2) is 20.0 Å². The van der Waals surface area contributed by atoms with Crippen molar-refractivity contribution in [1.29, 1.82) is 0 Å². The van der Waals surface area contributed by atoms with Gasteiger partial charge < -0.3 is 9.32 Å². The Balaban J connectivity index is 1.52. The quantitative estimate of drug-likeness (QED) is 0.441. The van der Waals surface area contributed by atoms with E-state index in [0.29, 0.717) is 6.54 Å². The third-order valence-corrected chi connectivity index (χ3v) is 6.45. The fraction of sp³-hybridized carbons (Fsp3) is 0.208. The van der Waals surface area contributed by atoms with Crippen LogP contribution in [0.3, 0.4) is 0 Å². The summed E-state index contributed by atoms with van der Waals surface area (Å²) in [7, 11) is 0. The van der Waals surface area contributed by atoms with E-state index in [4.69, 9.17) is 14.4 Å². The van der Waals surface area contributed by atoms with Crippen molar-refractivity contribution in [2.75, 3.05) is 0 Å². The molecular formula is C24H22N4OS. The molecule has 5 nitrogen and oxygen atoms in total. The van der Waals surface area contributed by atoms with Crippen molar-refractivity contribution in [3.05, 3.63) is 89.1 Å². The van der Waals surface area contributed by atoms with Gasteiger partial charge in [-0.2, -0.15) is 0 Å². The molecule has 30 heavy (non-hydrogen) atoms. The van der Waals surface area contributed by atoms with Crippen LogP contribution >= 0.6 is 11.8 Å². The van der Waals surface area contributed by atoms with E-state index < -0.39 is 0 Å². The standard InChI is InChI=1S/C24H22N4OS/c1-16-9-19-11-20-15-28(14-18-5-3-7-25-12-18)24(26-13-21-6-4-8-29-21)30-23(20)27-22(19)10-17(16)2/h3-12H,13-15H2,1-2H3. The number of benzene rings is 1. The van der Waals surface area contributed by atoms with Crippen molar-refractivity contribution in [2.45, 2.75) is 38.5 Å². The van der Waals surface area contributed by atoms with Gasteiger partial charge in [0, 0.05) is 36.4 Å². The van der Waals surface area contributed by atoms with Gasteiger partial charge in [0.2, 0.25) is 0 Å². The van der Waals surface area contributed by atoms with Crippen LogP contribution in [0.4, 0.5) is 0 Å². The van der Waals surface area contributed by atoms with Crippen molar-refractivity contribution in [3.63, 3.8) is 0 Å². The SMILES string of the molecule is Cc1cc2cc3c(nc2cc1C)SC(=NCc1ccco1)N(Cc1cccnc1)C3. The third kappa shape index (κ3) is 3.83. The second-order valence-corrected chi connectivity index (χ2v) is 8.54. The van der Waals surface area contributed by atoms with Crippen LogP contribution in [0.25, 0.3) is 10.9 Å². The van der Waals surface area contributed by atoms with Crippen molar-refractivity contribution in [1.82, 2.24) is 14.9 Å². The molecule has 0 spiro atoms. The summed E-state index contributed by atoms with van der Waals surface area (Å²) in [5.74, 6) is 0.854. The second kappa shape index (κ2) is 7.95. The average molecular weight is 415 g/mol. The highest BCUT2D eigenvalue weighted by Crippen LogP contribution is 2.34. The van der Waals surface area contributed by atoms with E-state index >= 15 is 0 Å². The first-order valence-corrected chi connectivity index (χ1v) is 10.8. The van der Waals surface area contributed by atoms with Crippen LogP contribution in [0.5, 0.6) is 0 Å². The summed E-state index contributed by atoms with van der Waals surface area (Å²) >= 11 is 1.63. The zero-order chi connectivity index (χ0) is 20.5. The van der Waals surface area contributed by atoms with Gasteiger partial charge in [0.1, 0.15) is 10.8 Å². The van der Waals surface area contributed by atoms with Gasteiger partial charge in [-0.15, -0.1) is 0 Å². The zero-order valence-corrected chi connectivity index (χ0v) is 17.8. The average Bonchev–Trinajstić information content (AvgIpc) is 3.26. The molecule has 0 saturated heterocycles. The molecule has 0 N–H and O–H groups in total. The summed E-state index contributed by atoms with van der Waals surface area (Å²) in [6.07, 6.45) is 5.40. The number of nitrogens with zero attached hydrogens (tertiary/aromatic N) is 4. The van der Waals surface area contributed by atoms with E-state index in [9.17, 15) is 0 Å². The van der Waals surface area contributed by atoms with Gasteiger partial charge in [-0.05, 0) is 78.7 Å². The molecule has 0 atom stereocenters. The van der Waals surface area contributed by atoms with E-state index in [-0.39, 0.29) is 0 Å². The number of fused-ring (bicyclic) bond motifs is 2. The topological polar surface area (TPSA) is 54.5 Å². The Hall–Kier alpha value is -3.12. The Kier molecular flexibility index (Phi) is 5.01. The third-order valence-electron chi connectivity index (χ3n) is 5.34. The molecule has 1 aromatic carbocycles. The smallest absolute Gasteiger partial charge is 0.166 e. The number of aliphatic imine (C=N–C) groups is 1. The number of aryl methyl sites for hydroxylation is 2. The predicted molar refractivity (Wildman–Crippen MR) is 120 cm³/mol. The Morgan fingerprint density at radius 3 is 2.83 bits per heavy atom. The van der Waals surface area contributed by atoms with Gasteiger partial charge in [-0.25, -0.2) is 4.98 Å². The van der Waals surface area contributed by atoms with Gasteiger partial charge in [-0.3, -0.25) is 9.98 Å². The molecule has 0 amide bonds. The normalized spacial score (nSPS) is 15.0. The first-order chi connectivity index (χ1) is 14.7. The number of amidine groups is 1. The lowest BCUT2D eigenvalue weighted by Gasteiger charge is -2.31. The number of hydrogen-bond donors (Lipinski definition) is 0. The number of rotatable bonds is 4. The maximum Gasteiger partial charge on any atom is 0.166 e. The number of thioether (sulfide) groups is 1. The molecule has 1 aliphatic rings. The Morgan fingerprint density at radius 1 is 1.13 bits per heavy atom. The molecule has 0 saturated carbocycles. The van der Waals surface area contributed by atoms with Crippen LogP contribution in [-0.2, 0) is 19.6 Å². The van der Waals surface area contributed by atoms with Crippen LogP contribution < -0.4 is 0 Å². The van der Waals surface area contributed by atoms with E-state index in [1.54, 1.807) is 24.2 Å². The Bertz CT molecular complexity index is 1220. The summed E-state index contributed by atoms with van der Waals surface area (Å²) in [6, 6.07) is 14.6. The van der Waals surface area contributed by atoms with E-state index in [0.717, 1.165) is 40.1 Å². The van der Waals surface area contributed by atoms with Crippen LogP contribution in [0, 0.1) is 13.8 Å². The van der Waals surface area contributed by atoms with Gasteiger partial charge in [0.25, 0.3) is 0 Å². The molecule has 3 aromatic heterocycles. The number of aromatic nitrogens is 2. The van der Waals surface area contributed by atoms with Crippen molar-refractivity contribution in [2.24, 2.45) is 4.99 Å². The summed E-state index contributed by atoms with van der Waals surface area (Å²) in [5.41, 5.74) is 5.99. The number of hydrogen-bond acceptors (Lipinski definition) is 5. The highest BCUT2D eigenvalue weighted by Gasteiger charge is 2.24. The van der Waals surface area contributed by atoms with Crippen LogP contribution in [0.2, 0.25) is 0 Å². The maximum atomic E-state index is 5.47. The predicted octanol–water partition coefficient (Wildman–Crippen LogP) is 5.50. The maximum absolute atomic E-state index is 5.47. The first kappa shape index (κ1) is 18.9. The molecule has 0 radical (unpaired) electrons. The minimum atomic E-state index is 0.514. The highest BCUT2D eigenvalue weighted by atomic mass is 32.2. The molecule has 1 aliphatic heterocycles. The van der Waals surface area contributed by atoms with E-state index in [1.807, 2.05) is 24.4 Å². The monoisotopic (exact) mass is 414 g/mol. The summed E-state index contributed by atoms with van der Waals surface area (Å²) in [6.45, 7) is 6.32. The molecule has 4 heterocycles. The van der Waals surface area contributed by atoms with Crippen LogP contribution in [0.1, 0.15) is 28.0 Å². The lowest BCUT2D eigenvalue weighted by Crippen LogP contribution is -2.31. The Labute approximate surface area is 179 Å². The second-order valence-electron chi connectivity index (χ2n) is 7.58. The summed E-state index contributed by atoms with van der Waals surface area (Å²) in [4.78, 5) is 16.4. The van der Waals surface area contributed by atoms with Gasteiger partial charge in [-0.1, -0.05) is 6.07 Å². The molecular weight excluding hydrogens is 392 g/mol. The molecule has 0 unspecified atom stereocenters. The molecule has 6 heteroatoms. The molecule has 0 aliphatic carbocycles. The number of pyridine rings is 2. The minimum absolute atomic E-state index is 0.514. The van der Waals surface area contributed by atoms with Crippen LogP contribution in [0.15, 0.2) is 75.6 Å². The van der Waals surface area contributed by atoms with Crippen molar-refractivity contribution in [3.8, 4) is 0 Å². The highest BCUT2D eigenvalue weighted by molar-refractivity contribution is 8.13. The summed E-state index contributed by atoms with van der Waals surface area (Å²) in [5, 5.41) is 3.18. The minimum Gasteiger partial charge on any atom is -0.467 e. The molecule has 5 rings (SSSR count). The number of furan rings is 1. The molecule has 4 aromatic rings. The lowest BCUT2D eigenvalue weighted by molar-refractivity contribution is 0.403. The van der Waals surface area contributed by atoms with E-state index in [2.05, 4.69) is 48.0 Å². The zero-order valence-electron chi connectivity index (χ0n) is 17.0. The fourth-order valence-corrected chi connectivity index (χ4v) is 4.57. The summed E-state index contributed by atoms with van der Waals surface area (Å²) < 4.78 is 5.47. The largest absolute Gasteiger partial charge is 0.467 e. The Morgan fingerprint density at radius 2 is 2.03 bits per heavy atom.